The number of hydrogen-bond acceptors (Lipinski definition) is 3. The molecular formula is C16H18FNO4. The molecule has 0 radical (unpaired) electrons. The van der Waals surface area contributed by atoms with Crippen LogP contribution in [0.1, 0.15) is 12.0 Å². The Morgan fingerprint density at radius 1 is 1.36 bits per heavy atom. The molecule has 1 N–H and O–H groups in total. The molecule has 1 heterocycles. The molecule has 1 saturated carbocycles. The number of likely N-dealkylation sites (tertiary alicyclic amines) is 1. The second kappa shape index (κ2) is 5.59. The maximum Gasteiger partial charge on any atom is 0.410 e. The third-order valence-corrected chi connectivity index (χ3v) is 4.88. The van der Waals surface area contributed by atoms with Crippen molar-refractivity contribution in [3.8, 4) is 0 Å². The van der Waals surface area contributed by atoms with Crippen molar-refractivity contribution in [2.75, 3.05) is 19.8 Å². The van der Waals surface area contributed by atoms with E-state index in [1.807, 2.05) is 30.3 Å². The van der Waals surface area contributed by atoms with Crippen molar-refractivity contribution in [1.82, 2.24) is 4.90 Å². The lowest BCUT2D eigenvalue weighted by Crippen LogP contribution is -2.53. The summed E-state index contributed by atoms with van der Waals surface area (Å²) in [4.78, 5) is 25.0. The summed E-state index contributed by atoms with van der Waals surface area (Å²) < 4.78 is 18.1. The van der Waals surface area contributed by atoms with Crippen LogP contribution in [0.15, 0.2) is 30.3 Å². The van der Waals surface area contributed by atoms with Gasteiger partial charge in [0.2, 0.25) is 0 Å². The summed E-state index contributed by atoms with van der Waals surface area (Å²) in [5, 5.41) is 9.41. The topological polar surface area (TPSA) is 66.8 Å². The molecule has 0 aromatic heterocycles. The smallest absolute Gasteiger partial charge is 0.410 e. The van der Waals surface area contributed by atoms with Crippen LogP contribution in [0.3, 0.4) is 0 Å². The van der Waals surface area contributed by atoms with Gasteiger partial charge in [-0.1, -0.05) is 30.3 Å². The average molecular weight is 307 g/mol. The zero-order chi connectivity index (χ0) is 15.7. The second-order valence-electron chi connectivity index (χ2n) is 6.11. The number of carbonyl (C=O) groups is 2. The maximum atomic E-state index is 12.9. The number of carbonyl (C=O) groups excluding carboxylic acids is 1. The maximum absolute atomic E-state index is 12.9. The van der Waals surface area contributed by atoms with Crippen molar-refractivity contribution in [3.63, 3.8) is 0 Å². The summed E-state index contributed by atoms with van der Waals surface area (Å²) in [5.74, 6) is -1.51. The lowest BCUT2D eigenvalue weighted by molar-refractivity contribution is -0.163. The normalized spacial score (nSPS) is 29.6. The van der Waals surface area contributed by atoms with Crippen molar-refractivity contribution in [2.45, 2.75) is 13.0 Å². The molecule has 2 aliphatic rings. The first kappa shape index (κ1) is 14.8. The van der Waals surface area contributed by atoms with Crippen LogP contribution in [0.5, 0.6) is 0 Å². The van der Waals surface area contributed by atoms with Gasteiger partial charge in [0, 0.05) is 13.1 Å². The first-order chi connectivity index (χ1) is 10.6. The van der Waals surface area contributed by atoms with Gasteiger partial charge in [0.15, 0.2) is 0 Å². The molecule has 1 saturated heterocycles. The van der Waals surface area contributed by atoms with Crippen molar-refractivity contribution in [2.24, 2.45) is 17.3 Å². The molecule has 1 aromatic carbocycles. The molecule has 0 spiro atoms. The predicted molar refractivity (Wildman–Crippen MR) is 75.8 cm³/mol. The quantitative estimate of drug-likeness (QED) is 0.927. The summed E-state index contributed by atoms with van der Waals surface area (Å²) in [7, 11) is 0. The number of amides is 1. The summed E-state index contributed by atoms with van der Waals surface area (Å²) in [6, 6.07) is 9.27. The number of halogens is 1. The van der Waals surface area contributed by atoms with Gasteiger partial charge in [-0.15, -0.1) is 0 Å². The van der Waals surface area contributed by atoms with Gasteiger partial charge in [-0.3, -0.25) is 9.18 Å². The lowest BCUT2D eigenvalue weighted by Gasteiger charge is -2.45. The van der Waals surface area contributed by atoms with Crippen molar-refractivity contribution < 1.29 is 23.8 Å². The highest BCUT2D eigenvalue weighted by Gasteiger charge is 2.64. The Morgan fingerprint density at radius 3 is 2.73 bits per heavy atom. The second-order valence-corrected chi connectivity index (χ2v) is 6.11. The summed E-state index contributed by atoms with van der Waals surface area (Å²) >= 11 is 0. The van der Waals surface area contributed by atoms with Crippen LogP contribution in [0, 0.1) is 17.3 Å². The average Bonchev–Trinajstić information content (AvgIpc) is 2.81. The number of carboxylic acid groups (broad SMARTS) is 1. The van der Waals surface area contributed by atoms with Crippen molar-refractivity contribution in [3.05, 3.63) is 35.9 Å². The number of alkyl halides is 1. The van der Waals surface area contributed by atoms with Gasteiger partial charge >= 0.3 is 12.1 Å². The van der Waals surface area contributed by atoms with Gasteiger partial charge < -0.3 is 14.7 Å². The third-order valence-electron chi connectivity index (χ3n) is 4.88. The lowest BCUT2D eigenvalue weighted by atomic mass is 9.56. The molecular weight excluding hydrogens is 289 g/mol. The minimum absolute atomic E-state index is 0.108. The Kier molecular flexibility index (Phi) is 3.76. The van der Waals surface area contributed by atoms with Gasteiger partial charge in [-0.25, -0.2) is 4.79 Å². The zero-order valence-corrected chi connectivity index (χ0v) is 12.1. The molecule has 3 atom stereocenters. The predicted octanol–water partition coefficient (Wildman–Crippen LogP) is 2.32. The molecule has 1 aromatic rings. The molecule has 118 valence electrons. The Hall–Kier alpha value is -2.11. The first-order valence-corrected chi connectivity index (χ1v) is 7.32. The van der Waals surface area contributed by atoms with Gasteiger partial charge in [0.1, 0.15) is 6.61 Å². The van der Waals surface area contributed by atoms with Gasteiger partial charge in [-0.05, 0) is 23.8 Å². The van der Waals surface area contributed by atoms with Crippen LogP contribution in [0.2, 0.25) is 0 Å². The van der Waals surface area contributed by atoms with Gasteiger partial charge in [0.25, 0.3) is 0 Å². The Bertz CT molecular complexity index is 579. The molecule has 2 fully saturated rings. The summed E-state index contributed by atoms with van der Waals surface area (Å²) in [5.41, 5.74) is -0.115. The first-order valence-electron chi connectivity index (χ1n) is 7.32. The Morgan fingerprint density at radius 2 is 2.09 bits per heavy atom. The van der Waals surface area contributed by atoms with Crippen LogP contribution < -0.4 is 0 Å². The van der Waals surface area contributed by atoms with E-state index < -0.39 is 24.2 Å². The Labute approximate surface area is 127 Å². The van der Waals surface area contributed by atoms with Crippen LogP contribution in [-0.2, 0) is 16.1 Å². The molecule has 1 unspecified atom stereocenters. The molecule has 1 aliphatic carbocycles. The molecule has 1 amide bonds. The molecule has 5 nitrogen and oxygen atoms in total. The molecule has 22 heavy (non-hydrogen) atoms. The fraction of sp³-hybridized carbons (Fsp3) is 0.500. The standard InChI is InChI=1S/C16H18FNO4/c17-7-12-6-16(14(19)20)10-18(8-13(12)16)15(21)22-9-11-4-2-1-3-5-11/h1-5,12-13H,6-10H2,(H,19,20)/t12?,13-,16+/m0/s1. The number of carboxylic acids is 1. The van der Waals surface area contributed by atoms with E-state index in [9.17, 15) is 19.1 Å². The van der Waals surface area contributed by atoms with E-state index in [2.05, 4.69) is 0 Å². The number of rotatable bonds is 4. The number of ether oxygens (including phenoxy) is 1. The number of aliphatic carboxylic acids is 1. The zero-order valence-electron chi connectivity index (χ0n) is 12.1. The molecule has 1 aliphatic heterocycles. The fourth-order valence-electron chi connectivity index (χ4n) is 3.63. The van der Waals surface area contributed by atoms with E-state index in [-0.39, 0.29) is 31.5 Å². The monoisotopic (exact) mass is 307 g/mol. The molecule has 6 heteroatoms. The summed E-state index contributed by atoms with van der Waals surface area (Å²) in [6.07, 6.45) is -0.233. The van der Waals surface area contributed by atoms with Crippen molar-refractivity contribution >= 4 is 12.1 Å². The van der Waals surface area contributed by atoms with E-state index >= 15 is 0 Å². The highest BCUT2D eigenvalue weighted by Crippen LogP contribution is 2.56. The van der Waals surface area contributed by atoms with E-state index in [1.165, 1.54) is 4.90 Å². The van der Waals surface area contributed by atoms with Crippen LogP contribution in [0.4, 0.5) is 9.18 Å². The Balaban J connectivity index is 1.62. The number of benzene rings is 1. The van der Waals surface area contributed by atoms with Crippen LogP contribution in [0.25, 0.3) is 0 Å². The number of nitrogens with zero attached hydrogens (tertiary/aromatic N) is 1. The fourth-order valence-corrected chi connectivity index (χ4v) is 3.63. The van der Waals surface area contributed by atoms with Crippen molar-refractivity contribution in [1.29, 1.82) is 0 Å². The van der Waals surface area contributed by atoms with Crippen LogP contribution in [-0.4, -0.2) is 41.8 Å². The largest absolute Gasteiger partial charge is 0.481 e. The van der Waals surface area contributed by atoms with E-state index in [1.54, 1.807) is 0 Å². The molecule has 3 rings (SSSR count). The van der Waals surface area contributed by atoms with E-state index in [0.717, 1.165) is 5.56 Å². The SMILES string of the molecule is O=C(OCc1ccccc1)N1C[C@H]2C(CF)C[C@@]2(C(=O)O)C1. The minimum atomic E-state index is -0.984. The van der Waals surface area contributed by atoms with Gasteiger partial charge in [-0.2, -0.15) is 0 Å². The third kappa shape index (κ3) is 2.32. The highest BCUT2D eigenvalue weighted by atomic mass is 19.1. The molecule has 0 bridgehead atoms. The number of fused-ring (bicyclic) bond motifs is 1. The highest BCUT2D eigenvalue weighted by molar-refractivity contribution is 5.80. The van der Waals surface area contributed by atoms with E-state index in [0.29, 0.717) is 6.42 Å². The van der Waals surface area contributed by atoms with Gasteiger partial charge in [0.05, 0.1) is 12.1 Å². The summed E-state index contributed by atoms with van der Waals surface area (Å²) in [6.45, 7) is -0.0221. The number of hydrogen-bond donors (Lipinski definition) is 1. The van der Waals surface area contributed by atoms with Crippen LogP contribution >= 0.6 is 0 Å². The van der Waals surface area contributed by atoms with E-state index in [4.69, 9.17) is 4.74 Å². The minimum Gasteiger partial charge on any atom is -0.481 e.